The number of benzene rings is 1. The predicted octanol–water partition coefficient (Wildman–Crippen LogP) is 2.87. The highest BCUT2D eigenvalue weighted by Gasteiger charge is 2.23. The number of hydrogen-bond donors (Lipinski definition) is 0. The van der Waals surface area contributed by atoms with Gasteiger partial charge in [-0.1, -0.05) is 30.3 Å². The molecule has 0 bridgehead atoms. The van der Waals surface area contributed by atoms with Crippen molar-refractivity contribution in [1.29, 1.82) is 0 Å². The number of fused-ring (bicyclic) bond motifs is 1. The van der Waals surface area contributed by atoms with E-state index in [0.29, 0.717) is 5.92 Å². The van der Waals surface area contributed by atoms with Gasteiger partial charge < -0.3 is 4.74 Å². The molecule has 68 valence electrons. The van der Waals surface area contributed by atoms with Crippen LogP contribution < -0.4 is 0 Å². The highest BCUT2D eigenvalue weighted by Crippen LogP contribution is 2.31. The van der Waals surface area contributed by atoms with E-state index in [9.17, 15) is 0 Å². The fraction of sp³-hybridized carbons (Fsp3) is 0.333. The summed E-state index contributed by atoms with van der Waals surface area (Å²) in [4.78, 5) is 0. The molecule has 0 saturated carbocycles. The van der Waals surface area contributed by atoms with Crippen LogP contribution in [-0.2, 0) is 11.3 Å². The summed E-state index contributed by atoms with van der Waals surface area (Å²) in [5.74, 6) is 0.352. The Morgan fingerprint density at radius 3 is 3.00 bits per heavy atom. The third kappa shape index (κ3) is 1.40. The summed E-state index contributed by atoms with van der Waals surface area (Å²) in [6, 6.07) is 8.42. The van der Waals surface area contributed by atoms with Gasteiger partial charge >= 0.3 is 0 Å². The van der Waals surface area contributed by atoms with E-state index in [1.165, 1.54) is 11.1 Å². The van der Waals surface area contributed by atoms with Crippen molar-refractivity contribution in [3.63, 3.8) is 0 Å². The average Bonchev–Trinajstić information content (AvgIpc) is 2.18. The summed E-state index contributed by atoms with van der Waals surface area (Å²) in [5, 5.41) is 0. The molecule has 1 aliphatic rings. The van der Waals surface area contributed by atoms with Crippen molar-refractivity contribution in [3.8, 4) is 0 Å². The van der Waals surface area contributed by atoms with Gasteiger partial charge in [-0.3, -0.25) is 0 Å². The average molecular weight is 174 g/mol. The fourth-order valence-corrected chi connectivity index (χ4v) is 1.89. The molecule has 13 heavy (non-hydrogen) atoms. The van der Waals surface area contributed by atoms with E-state index in [4.69, 9.17) is 4.74 Å². The SMILES string of the molecule is C=C[C@H]1c2ccccc2CO[C@H]1C. The molecule has 1 aliphatic heterocycles. The smallest absolute Gasteiger partial charge is 0.0723 e. The van der Waals surface area contributed by atoms with Crippen molar-refractivity contribution in [3.05, 3.63) is 48.0 Å². The zero-order valence-electron chi connectivity index (χ0n) is 7.86. The van der Waals surface area contributed by atoms with Gasteiger partial charge in [0.05, 0.1) is 12.7 Å². The topological polar surface area (TPSA) is 9.23 Å². The maximum atomic E-state index is 5.64. The molecule has 1 heterocycles. The first kappa shape index (κ1) is 8.52. The van der Waals surface area contributed by atoms with Crippen LogP contribution in [0.25, 0.3) is 0 Å². The Kier molecular flexibility index (Phi) is 2.19. The van der Waals surface area contributed by atoms with Gasteiger partial charge in [0.1, 0.15) is 0 Å². The van der Waals surface area contributed by atoms with Gasteiger partial charge in [0.15, 0.2) is 0 Å². The molecular weight excluding hydrogens is 160 g/mol. The molecule has 0 spiro atoms. The lowest BCUT2D eigenvalue weighted by atomic mass is 9.88. The summed E-state index contributed by atoms with van der Waals surface area (Å²) < 4.78 is 5.64. The van der Waals surface area contributed by atoms with Crippen LogP contribution >= 0.6 is 0 Å². The minimum atomic E-state index is 0.257. The Labute approximate surface area is 79.0 Å². The molecule has 2 atom stereocenters. The summed E-state index contributed by atoms with van der Waals surface area (Å²) >= 11 is 0. The second-order valence-electron chi connectivity index (χ2n) is 3.48. The predicted molar refractivity (Wildman–Crippen MR) is 53.6 cm³/mol. The first-order chi connectivity index (χ1) is 6.33. The van der Waals surface area contributed by atoms with E-state index in [-0.39, 0.29) is 6.10 Å². The van der Waals surface area contributed by atoms with Crippen LogP contribution in [0.3, 0.4) is 0 Å². The van der Waals surface area contributed by atoms with Crippen LogP contribution in [0.15, 0.2) is 36.9 Å². The van der Waals surface area contributed by atoms with Crippen LogP contribution in [0.5, 0.6) is 0 Å². The van der Waals surface area contributed by atoms with Crippen molar-refractivity contribution in [2.45, 2.75) is 25.6 Å². The van der Waals surface area contributed by atoms with Crippen molar-refractivity contribution in [1.82, 2.24) is 0 Å². The van der Waals surface area contributed by atoms with Gasteiger partial charge in [-0.2, -0.15) is 0 Å². The highest BCUT2D eigenvalue weighted by atomic mass is 16.5. The summed E-state index contributed by atoms with van der Waals surface area (Å²) in [7, 11) is 0. The van der Waals surface area contributed by atoms with Crippen LogP contribution in [-0.4, -0.2) is 6.10 Å². The molecule has 0 fully saturated rings. The van der Waals surface area contributed by atoms with Gasteiger partial charge in [0.25, 0.3) is 0 Å². The van der Waals surface area contributed by atoms with Gasteiger partial charge in [-0.25, -0.2) is 0 Å². The maximum Gasteiger partial charge on any atom is 0.0723 e. The van der Waals surface area contributed by atoms with Crippen LogP contribution in [0, 0.1) is 0 Å². The Hall–Kier alpha value is -1.08. The molecule has 1 aromatic carbocycles. The monoisotopic (exact) mass is 174 g/mol. The van der Waals surface area contributed by atoms with Crippen molar-refractivity contribution < 1.29 is 4.74 Å². The lowest BCUT2D eigenvalue weighted by Gasteiger charge is -2.29. The molecule has 1 nitrogen and oxygen atoms in total. The molecule has 0 N–H and O–H groups in total. The third-order valence-electron chi connectivity index (χ3n) is 2.68. The Bertz CT molecular complexity index is 317. The molecule has 0 aliphatic carbocycles. The zero-order chi connectivity index (χ0) is 9.26. The minimum Gasteiger partial charge on any atom is -0.373 e. The zero-order valence-corrected chi connectivity index (χ0v) is 7.86. The van der Waals surface area contributed by atoms with Crippen LogP contribution in [0.4, 0.5) is 0 Å². The van der Waals surface area contributed by atoms with Crippen molar-refractivity contribution in [2.75, 3.05) is 0 Å². The fourth-order valence-electron chi connectivity index (χ4n) is 1.89. The van der Waals surface area contributed by atoms with E-state index in [2.05, 4.69) is 37.8 Å². The number of hydrogen-bond acceptors (Lipinski definition) is 1. The number of ether oxygens (including phenoxy) is 1. The Balaban J connectivity index is 2.45. The van der Waals surface area contributed by atoms with Crippen LogP contribution in [0.1, 0.15) is 24.0 Å². The molecule has 0 radical (unpaired) electrons. The lowest BCUT2D eigenvalue weighted by molar-refractivity contribution is 0.0305. The van der Waals surface area contributed by atoms with E-state index in [1.807, 2.05) is 6.08 Å². The van der Waals surface area contributed by atoms with Crippen molar-refractivity contribution in [2.24, 2.45) is 0 Å². The van der Waals surface area contributed by atoms with Crippen molar-refractivity contribution >= 4 is 0 Å². The maximum absolute atomic E-state index is 5.64. The van der Waals surface area contributed by atoms with E-state index in [1.54, 1.807) is 0 Å². The quantitative estimate of drug-likeness (QED) is 0.595. The van der Waals surface area contributed by atoms with Gasteiger partial charge in [0, 0.05) is 5.92 Å². The van der Waals surface area contributed by atoms with E-state index in [0.717, 1.165) is 6.61 Å². The van der Waals surface area contributed by atoms with E-state index < -0.39 is 0 Å². The summed E-state index contributed by atoms with van der Waals surface area (Å²) in [6.07, 6.45) is 2.23. The largest absolute Gasteiger partial charge is 0.373 e. The molecule has 1 aromatic rings. The second-order valence-corrected chi connectivity index (χ2v) is 3.48. The lowest BCUT2D eigenvalue weighted by Crippen LogP contribution is -2.23. The Morgan fingerprint density at radius 1 is 1.46 bits per heavy atom. The van der Waals surface area contributed by atoms with Gasteiger partial charge in [-0.05, 0) is 18.1 Å². The summed E-state index contributed by atoms with van der Waals surface area (Å²) in [6.45, 7) is 6.69. The third-order valence-corrected chi connectivity index (χ3v) is 2.68. The summed E-state index contributed by atoms with van der Waals surface area (Å²) in [5.41, 5.74) is 2.67. The minimum absolute atomic E-state index is 0.257. The van der Waals surface area contributed by atoms with Gasteiger partial charge in [0.2, 0.25) is 0 Å². The standard InChI is InChI=1S/C12H14O/c1-3-11-9(2)13-8-10-6-4-5-7-12(10)11/h3-7,9,11H,1,8H2,2H3/t9-,11+/m0/s1. The molecular formula is C12H14O. The first-order valence-corrected chi connectivity index (χ1v) is 4.65. The molecule has 2 rings (SSSR count). The molecule has 1 heteroatoms. The first-order valence-electron chi connectivity index (χ1n) is 4.65. The van der Waals surface area contributed by atoms with Crippen LogP contribution in [0.2, 0.25) is 0 Å². The molecule has 0 saturated heterocycles. The normalized spacial score (nSPS) is 26.5. The highest BCUT2D eigenvalue weighted by molar-refractivity contribution is 5.34. The number of rotatable bonds is 1. The Morgan fingerprint density at radius 2 is 2.23 bits per heavy atom. The van der Waals surface area contributed by atoms with Gasteiger partial charge in [-0.15, -0.1) is 6.58 Å². The second kappa shape index (κ2) is 3.35. The molecule has 0 aromatic heterocycles. The molecule has 0 unspecified atom stereocenters. The van der Waals surface area contributed by atoms with E-state index >= 15 is 0 Å². The molecule has 0 amide bonds.